The van der Waals surface area contributed by atoms with Crippen LogP contribution in [0.3, 0.4) is 0 Å². The fourth-order valence-electron chi connectivity index (χ4n) is 2.18. The summed E-state index contributed by atoms with van der Waals surface area (Å²) in [7, 11) is -3.54. The van der Waals surface area contributed by atoms with E-state index in [0.29, 0.717) is 13.1 Å². The van der Waals surface area contributed by atoms with Crippen molar-refractivity contribution in [3.05, 3.63) is 12.4 Å². The number of morpholine rings is 1. The lowest BCUT2D eigenvalue weighted by atomic mass is 10.3. The van der Waals surface area contributed by atoms with Crippen LogP contribution in [-0.2, 0) is 21.3 Å². The quantitative estimate of drug-likeness (QED) is 0.820. The maximum atomic E-state index is 12.5. The summed E-state index contributed by atoms with van der Waals surface area (Å²) in [5, 5.41) is 12.7. The van der Waals surface area contributed by atoms with Crippen LogP contribution in [0, 0.1) is 0 Å². The highest BCUT2D eigenvalue weighted by molar-refractivity contribution is 7.89. The van der Waals surface area contributed by atoms with E-state index in [1.165, 1.54) is 21.4 Å². The fourth-order valence-corrected chi connectivity index (χ4v) is 3.72. The molecule has 0 radical (unpaired) electrons. The Kier molecular flexibility index (Phi) is 4.24. The normalized spacial score (nSPS) is 25.6. The average molecular weight is 289 g/mol. The van der Waals surface area contributed by atoms with Crippen molar-refractivity contribution in [3.63, 3.8) is 0 Å². The van der Waals surface area contributed by atoms with Crippen LogP contribution in [0.25, 0.3) is 0 Å². The van der Waals surface area contributed by atoms with Crippen molar-refractivity contribution in [2.75, 3.05) is 19.7 Å². The largest absolute Gasteiger partial charge is 0.394 e. The minimum absolute atomic E-state index is 0.0766. The Hall–Kier alpha value is -0.960. The van der Waals surface area contributed by atoms with E-state index >= 15 is 0 Å². The van der Waals surface area contributed by atoms with Crippen LogP contribution in [0.15, 0.2) is 17.3 Å². The molecule has 8 heteroatoms. The number of rotatable bonds is 4. The van der Waals surface area contributed by atoms with Gasteiger partial charge in [0, 0.05) is 19.3 Å². The molecule has 1 aliphatic rings. The summed E-state index contributed by atoms with van der Waals surface area (Å²) in [4.78, 5) is 0.155. The molecule has 1 aromatic heterocycles. The van der Waals surface area contributed by atoms with Crippen LogP contribution < -0.4 is 0 Å². The predicted molar refractivity (Wildman–Crippen MR) is 68.1 cm³/mol. The van der Waals surface area contributed by atoms with Gasteiger partial charge >= 0.3 is 0 Å². The summed E-state index contributed by atoms with van der Waals surface area (Å²) < 4.78 is 33.3. The van der Waals surface area contributed by atoms with Gasteiger partial charge in [0.2, 0.25) is 10.0 Å². The molecule has 2 heterocycles. The van der Waals surface area contributed by atoms with Crippen LogP contribution in [0.2, 0.25) is 0 Å². The van der Waals surface area contributed by atoms with E-state index in [0.717, 1.165) is 0 Å². The van der Waals surface area contributed by atoms with Gasteiger partial charge in [0.1, 0.15) is 4.90 Å². The second-order valence-corrected chi connectivity index (χ2v) is 6.68. The molecule has 0 saturated carbocycles. The molecule has 2 atom stereocenters. The number of nitrogens with zero attached hydrogens (tertiary/aromatic N) is 3. The summed E-state index contributed by atoms with van der Waals surface area (Å²) in [5.74, 6) is 0. The van der Waals surface area contributed by atoms with E-state index in [-0.39, 0.29) is 30.3 Å². The van der Waals surface area contributed by atoms with Crippen LogP contribution in [-0.4, -0.2) is 59.5 Å². The molecule has 0 unspecified atom stereocenters. The van der Waals surface area contributed by atoms with Gasteiger partial charge in [-0.2, -0.15) is 9.40 Å². The van der Waals surface area contributed by atoms with E-state index < -0.39 is 10.0 Å². The molecule has 1 fully saturated rings. The van der Waals surface area contributed by atoms with Gasteiger partial charge in [-0.1, -0.05) is 0 Å². The van der Waals surface area contributed by atoms with Crippen molar-refractivity contribution < 1.29 is 18.3 Å². The highest BCUT2D eigenvalue weighted by Gasteiger charge is 2.32. The monoisotopic (exact) mass is 289 g/mol. The Morgan fingerprint density at radius 3 is 2.63 bits per heavy atom. The summed E-state index contributed by atoms with van der Waals surface area (Å²) in [5.41, 5.74) is 0. The first kappa shape index (κ1) is 14.4. The summed E-state index contributed by atoms with van der Waals surface area (Å²) in [6.45, 7) is 4.61. The molecule has 0 aliphatic carbocycles. The molecule has 0 amide bonds. The Labute approximate surface area is 112 Å². The zero-order valence-corrected chi connectivity index (χ0v) is 11.9. The zero-order valence-electron chi connectivity index (χ0n) is 11.1. The lowest BCUT2D eigenvalue weighted by Gasteiger charge is -2.34. The SMILES string of the molecule is C[C@@H]1CN(S(=O)(=O)c2cnn(CCO)c2)C[C@H](C)O1. The van der Waals surface area contributed by atoms with Crippen LogP contribution >= 0.6 is 0 Å². The van der Waals surface area contributed by atoms with Crippen molar-refractivity contribution >= 4 is 10.0 Å². The average Bonchev–Trinajstić information content (AvgIpc) is 2.77. The Bertz CT molecular complexity index is 518. The Balaban J connectivity index is 2.20. The highest BCUT2D eigenvalue weighted by atomic mass is 32.2. The van der Waals surface area contributed by atoms with Crippen LogP contribution in [0.1, 0.15) is 13.8 Å². The fraction of sp³-hybridized carbons (Fsp3) is 0.727. The first-order chi connectivity index (χ1) is 8.93. The Morgan fingerprint density at radius 1 is 1.42 bits per heavy atom. The van der Waals surface area contributed by atoms with Gasteiger partial charge in [-0.3, -0.25) is 4.68 Å². The van der Waals surface area contributed by atoms with Gasteiger partial charge in [-0.05, 0) is 13.8 Å². The number of hydrogen-bond donors (Lipinski definition) is 1. The molecule has 1 N–H and O–H groups in total. The number of aromatic nitrogens is 2. The second kappa shape index (κ2) is 5.58. The number of hydrogen-bond acceptors (Lipinski definition) is 5. The number of aliphatic hydroxyl groups excluding tert-OH is 1. The number of aliphatic hydroxyl groups is 1. The van der Waals surface area contributed by atoms with Gasteiger partial charge in [0.15, 0.2) is 0 Å². The van der Waals surface area contributed by atoms with Gasteiger partial charge in [0.05, 0.1) is 31.6 Å². The molecule has 1 saturated heterocycles. The van der Waals surface area contributed by atoms with Gasteiger partial charge < -0.3 is 9.84 Å². The van der Waals surface area contributed by atoms with Crippen molar-refractivity contribution in [3.8, 4) is 0 Å². The van der Waals surface area contributed by atoms with Crippen molar-refractivity contribution in [1.82, 2.24) is 14.1 Å². The lowest BCUT2D eigenvalue weighted by Crippen LogP contribution is -2.48. The molecule has 2 rings (SSSR count). The molecule has 7 nitrogen and oxygen atoms in total. The van der Waals surface area contributed by atoms with Gasteiger partial charge in [-0.25, -0.2) is 8.42 Å². The van der Waals surface area contributed by atoms with E-state index in [2.05, 4.69) is 5.10 Å². The number of sulfonamides is 1. The van der Waals surface area contributed by atoms with E-state index in [4.69, 9.17) is 9.84 Å². The molecular formula is C11H19N3O4S. The topological polar surface area (TPSA) is 84.7 Å². The van der Waals surface area contributed by atoms with Crippen LogP contribution in [0.4, 0.5) is 0 Å². The van der Waals surface area contributed by atoms with Gasteiger partial charge in [-0.15, -0.1) is 0 Å². The van der Waals surface area contributed by atoms with Crippen molar-refractivity contribution in [2.45, 2.75) is 37.5 Å². The third-order valence-electron chi connectivity index (χ3n) is 2.96. The minimum atomic E-state index is -3.54. The summed E-state index contributed by atoms with van der Waals surface area (Å²) >= 11 is 0. The van der Waals surface area contributed by atoms with E-state index in [9.17, 15) is 8.42 Å². The Morgan fingerprint density at radius 2 is 2.05 bits per heavy atom. The van der Waals surface area contributed by atoms with Gasteiger partial charge in [0.25, 0.3) is 0 Å². The van der Waals surface area contributed by atoms with Crippen LogP contribution in [0.5, 0.6) is 0 Å². The maximum Gasteiger partial charge on any atom is 0.246 e. The molecule has 19 heavy (non-hydrogen) atoms. The maximum absolute atomic E-state index is 12.5. The lowest BCUT2D eigenvalue weighted by molar-refractivity contribution is -0.0440. The first-order valence-electron chi connectivity index (χ1n) is 6.22. The predicted octanol–water partition coefficient (Wildman–Crippen LogP) is -0.327. The number of ether oxygens (including phenoxy) is 1. The molecular weight excluding hydrogens is 270 g/mol. The standard InChI is InChI=1S/C11H19N3O4S/c1-9-6-14(7-10(2)18-9)19(16,17)11-5-12-13(8-11)3-4-15/h5,8-10,15H,3-4,6-7H2,1-2H3/t9-,10+. The van der Waals surface area contributed by atoms with Crippen molar-refractivity contribution in [2.24, 2.45) is 0 Å². The van der Waals surface area contributed by atoms with E-state index in [1.807, 2.05) is 13.8 Å². The second-order valence-electron chi connectivity index (χ2n) is 4.74. The minimum Gasteiger partial charge on any atom is -0.394 e. The highest BCUT2D eigenvalue weighted by Crippen LogP contribution is 2.20. The van der Waals surface area contributed by atoms with E-state index in [1.54, 1.807) is 0 Å². The zero-order chi connectivity index (χ0) is 14.0. The molecule has 108 valence electrons. The molecule has 1 aromatic rings. The smallest absolute Gasteiger partial charge is 0.246 e. The third kappa shape index (κ3) is 3.14. The first-order valence-corrected chi connectivity index (χ1v) is 7.66. The molecule has 0 bridgehead atoms. The third-order valence-corrected chi connectivity index (χ3v) is 4.75. The molecule has 1 aliphatic heterocycles. The van der Waals surface area contributed by atoms with Crippen molar-refractivity contribution in [1.29, 1.82) is 0 Å². The molecule has 0 spiro atoms. The summed E-state index contributed by atoms with van der Waals surface area (Å²) in [6, 6.07) is 0. The summed E-state index contributed by atoms with van der Waals surface area (Å²) in [6.07, 6.45) is 2.52. The molecule has 0 aromatic carbocycles.